The van der Waals surface area contributed by atoms with Crippen molar-refractivity contribution in [1.82, 2.24) is 0 Å². The molecule has 0 saturated carbocycles. The van der Waals surface area contributed by atoms with Crippen LogP contribution in [0.3, 0.4) is 0 Å². The van der Waals surface area contributed by atoms with Crippen LogP contribution in [0.4, 0.5) is 0 Å². The Morgan fingerprint density at radius 1 is 1.14 bits per heavy atom. The Labute approximate surface area is 87.7 Å². The summed E-state index contributed by atoms with van der Waals surface area (Å²) in [6, 6.07) is 8.62. The molecule has 0 bridgehead atoms. The normalized spacial score (nSPS) is 12.3. The van der Waals surface area contributed by atoms with E-state index in [0.29, 0.717) is 0 Å². The SMILES string of the molecule is CCC=Cc1ccccc1C(C)(C)C. The number of hydrogen-bond acceptors (Lipinski definition) is 0. The molecule has 1 aromatic rings. The van der Waals surface area contributed by atoms with Gasteiger partial charge in [0.15, 0.2) is 0 Å². The fraction of sp³-hybridized carbons (Fsp3) is 0.429. The maximum absolute atomic E-state index is 2.26. The van der Waals surface area contributed by atoms with Crippen LogP contribution in [0, 0.1) is 0 Å². The first-order chi connectivity index (χ1) is 6.55. The quantitative estimate of drug-likeness (QED) is 0.645. The van der Waals surface area contributed by atoms with Crippen LogP contribution in [-0.4, -0.2) is 0 Å². The molecule has 0 fully saturated rings. The molecular weight excluding hydrogens is 168 g/mol. The van der Waals surface area contributed by atoms with Crippen LogP contribution in [0.2, 0.25) is 0 Å². The second kappa shape index (κ2) is 4.45. The van der Waals surface area contributed by atoms with E-state index in [1.807, 2.05) is 0 Å². The standard InChI is InChI=1S/C14H20/c1-5-6-9-12-10-7-8-11-13(12)14(2,3)4/h6-11H,5H2,1-4H3. The van der Waals surface area contributed by atoms with Crippen LogP contribution in [0.25, 0.3) is 6.08 Å². The van der Waals surface area contributed by atoms with E-state index in [-0.39, 0.29) is 5.41 Å². The highest BCUT2D eigenvalue weighted by atomic mass is 14.2. The van der Waals surface area contributed by atoms with Gasteiger partial charge in [-0.3, -0.25) is 0 Å². The number of rotatable bonds is 2. The average molecular weight is 188 g/mol. The number of benzene rings is 1. The monoisotopic (exact) mass is 188 g/mol. The first-order valence-corrected chi connectivity index (χ1v) is 5.31. The molecule has 0 N–H and O–H groups in total. The van der Waals surface area contributed by atoms with E-state index in [2.05, 4.69) is 64.1 Å². The van der Waals surface area contributed by atoms with Crippen molar-refractivity contribution in [2.45, 2.75) is 39.5 Å². The van der Waals surface area contributed by atoms with E-state index >= 15 is 0 Å². The summed E-state index contributed by atoms with van der Waals surface area (Å²) in [4.78, 5) is 0. The molecular formula is C14H20. The molecule has 0 aliphatic rings. The van der Waals surface area contributed by atoms with Crippen LogP contribution in [-0.2, 0) is 5.41 Å². The summed E-state index contributed by atoms with van der Waals surface area (Å²) in [6.07, 6.45) is 5.53. The largest absolute Gasteiger partial charge is 0.0842 e. The van der Waals surface area contributed by atoms with Crippen molar-refractivity contribution in [2.75, 3.05) is 0 Å². The Kier molecular flexibility index (Phi) is 3.51. The summed E-state index contributed by atoms with van der Waals surface area (Å²) in [5, 5.41) is 0. The highest BCUT2D eigenvalue weighted by molar-refractivity contribution is 5.55. The zero-order valence-corrected chi connectivity index (χ0v) is 9.67. The maximum atomic E-state index is 2.26. The molecule has 0 aromatic heterocycles. The van der Waals surface area contributed by atoms with Crippen molar-refractivity contribution in [2.24, 2.45) is 0 Å². The molecule has 0 radical (unpaired) electrons. The smallest absolute Gasteiger partial charge is 0.0126 e. The third-order valence-corrected chi connectivity index (χ3v) is 2.30. The average Bonchev–Trinajstić information content (AvgIpc) is 2.14. The first-order valence-electron chi connectivity index (χ1n) is 5.31. The lowest BCUT2D eigenvalue weighted by atomic mass is 9.84. The highest BCUT2D eigenvalue weighted by Gasteiger charge is 2.15. The van der Waals surface area contributed by atoms with E-state index in [4.69, 9.17) is 0 Å². The van der Waals surface area contributed by atoms with Crippen molar-refractivity contribution in [1.29, 1.82) is 0 Å². The summed E-state index contributed by atoms with van der Waals surface area (Å²) in [5.74, 6) is 0. The van der Waals surface area contributed by atoms with Gasteiger partial charge in [0.2, 0.25) is 0 Å². The molecule has 0 atom stereocenters. The minimum atomic E-state index is 0.231. The van der Waals surface area contributed by atoms with E-state index in [1.54, 1.807) is 0 Å². The Morgan fingerprint density at radius 3 is 2.36 bits per heavy atom. The van der Waals surface area contributed by atoms with Gasteiger partial charge in [-0.1, -0.05) is 64.1 Å². The Bertz CT molecular complexity index is 313. The van der Waals surface area contributed by atoms with Crippen LogP contribution >= 0.6 is 0 Å². The van der Waals surface area contributed by atoms with E-state index in [1.165, 1.54) is 11.1 Å². The van der Waals surface area contributed by atoms with Gasteiger partial charge in [0.05, 0.1) is 0 Å². The zero-order valence-electron chi connectivity index (χ0n) is 9.67. The second-order valence-corrected chi connectivity index (χ2v) is 4.65. The van der Waals surface area contributed by atoms with E-state index < -0.39 is 0 Å². The van der Waals surface area contributed by atoms with Gasteiger partial charge in [-0.15, -0.1) is 0 Å². The lowest BCUT2D eigenvalue weighted by Gasteiger charge is -2.21. The van der Waals surface area contributed by atoms with Gasteiger partial charge < -0.3 is 0 Å². The molecule has 0 saturated heterocycles. The van der Waals surface area contributed by atoms with Crippen LogP contribution in [0.15, 0.2) is 30.3 Å². The van der Waals surface area contributed by atoms with Crippen LogP contribution < -0.4 is 0 Å². The van der Waals surface area contributed by atoms with Gasteiger partial charge in [-0.05, 0) is 23.0 Å². The lowest BCUT2D eigenvalue weighted by Crippen LogP contribution is -2.12. The molecule has 0 aliphatic heterocycles. The van der Waals surface area contributed by atoms with Crippen molar-refractivity contribution in [3.8, 4) is 0 Å². The van der Waals surface area contributed by atoms with Gasteiger partial charge in [-0.25, -0.2) is 0 Å². The minimum Gasteiger partial charge on any atom is -0.0842 e. The number of allylic oxidation sites excluding steroid dienone is 1. The molecule has 0 heterocycles. The predicted molar refractivity (Wildman–Crippen MR) is 64.5 cm³/mol. The van der Waals surface area contributed by atoms with Crippen LogP contribution in [0.5, 0.6) is 0 Å². The Hall–Kier alpha value is -1.04. The van der Waals surface area contributed by atoms with Gasteiger partial charge in [0, 0.05) is 0 Å². The molecule has 1 aromatic carbocycles. The number of hydrogen-bond donors (Lipinski definition) is 0. The summed E-state index contributed by atoms with van der Waals surface area (Å²) >= 11 is 0. The van der Waals surface area contributed by atoms with E-state index in [0.717, 1.165) is 6.42 Å². The predicted octanol–water partition coefficient (Wildman–Crippen LogP) is 4.41. The molecule has 1 rings (SSSR count). The molecule has 14 heavy (non-hydrogen) atoms. The van der Waals surface area contributed by atoms with E-state index in [9.17, 15) is 0 Å². The van der Waals surface area contributed by atoms with Gasteiger partial charge in [-0.2, -0.15) is 0 Å². The first kappa shape index (κ1) is 11.0. The van der Waals surface area contributed by atoms with Gasteiger partial charge in [0.25, 0.3) is 0 Å². The lowest BCUT2D eigenvalue weighted by molar-refractivity contribution is 0.589. The molecule has 0 unspecified atom stereocenters. The Morgan fingerprint density at radius 2 is 1.79 bits per heavy atom. The maximum Gasteiger partial charge on any atom is -0.0126 e. The Balaban J connectivity index is 3.10. The summed E-state index contributed by atoms with van der Waals surface area (Å²) < 4.78 is 0. The molecule has 0 spiro atoms. The highest BCUT2D eigenvalue weighted by Crippen LogP contribution is 2.26. The molecule has 76 valence electrons. The summed E-state index contributed by atoms with van der Waals surface area (Å²) in [5.41, 5.74) is 3.00. The molecule has 0 aliphatic carbocycles. The molecule has 0 nitrogen and oxygen atoms in total. The zero-order chi connectivity index (χ0) is 10.6. The summed E-state index contributed by atoms with van der Waals surface area (Å²) in [7, 11) is 0. The van der Waals surface area contributed by atoms with Crippen molar-refractivity contribution < 1.29 is 0 Å². The molecule has 0 amide bonds. The van der Waals surface area contributed by atoms with Crippen molar-refractivity contribution >= 4 is 6.08 Å². The van der Waals surface area contributed by atoms with Crippen molar-refractivity contribution in [3.05, 3.63) is 41.5 Å². The van der Waals surface area contributed by atoms with Gasteiger partial charge in [0.1, 0.15) is 0 Å². The van der Waals surface area contributed by atoms with Gasteiger partial charge >= 0.3 is 0 Å². The third-order valence-electron chi connectivity index (χ3n) is 2.30. The fourth-order valence-electron chi connectivity index (χ4n) is 1.57. The molecule has 0 heteroatoms. The minimum absolute atomic E-state index is 0.231. The summed E-state index contributed by atoms with van der Waals surface area (Å²) in [6.45, 7) is 8.93. The topological polar surface area (TPSA) is 0 Å². The third kappa shape index (κ3) is 2.73. The fourth-order valence-corrected chi connectivity index (χ4v) is 1.57. The van der Waals surface area contributed by atoms with Crippen LogP contribution in [0.1, 0.15) is 45.2 Å². The second-order valence-electron chi connectivity index (χ2n) is 4.65. The van der Waals surface area contributed by atoms with Crippen molar-refractivity contribution in [3.63, 3.8) is 0 Å².